The first kappa shape index (κ1) is 22.3. The first-order valence-corrected chi connectivity index (χ1v) is 12.4. The van der Waals surface area contributed by atoms with Gasteiger partial charge in [0.2, 0.25) is 10.0 Å². The van der Waals surface area contributed by atoms with E-state index in [2.05, 4.69) is 5.32 Å². The van der Waals surface area contributed by atoms with E-state index in [1.54, 1.807) is 24.3 Å². The van der Waals surface area contributed by atoms with Crippen LogP contribution in [0.4, 0.5) is 17.1 Å². The van der Waals surface area contributed by atoms with E-state index in [1.165, 1.54) is 12.1 Å². The third-order valence-corrected chi connectivity index (χ3v) is 7.84. The Labute approximate surface area is 197 Å². The molecular weight excluding hydrogens is 454 g/mol. The summed E-state index contributed by atoms with van der Waals surface area (Å²) in [5.41, 5.74) is 7.70. The fourth-order valence-electron chi connectivity index (χ4n) is 4.21. The first-order valence-electron chi connectivity index (χ1n) is 11.0. The fourth-order valence-corrected chi connectivity index (χ4v) is 5.65. The second-order valence-corrected chi connectivity index (χ2v) is 10.2. The molecule has 174 valence electrons. The molecule has 0 aromatic heterocycles. The molecule has 0 heterocycles. The van der Waals surface area contributed by atoms with Crippen LogP contribution in [0.5, 0.6) is 0 Å². The Bertz CT molecular complexity index is 1460. The molecule has 0 aliphatic heterocycles. The van der Waals surface area contributed by atoms with E-state index in [1.807, 2.05) is 25.1 Å². The van der Waals surface area contributed by atoms with Gasteiger partial charge in [-0.1, -0.05) is 43.3 Å². The molecule has 34 heavy (non-hydrogen) atoms. The molecule has 1 fully saturated rings. The van der Waals surface area contributed by atoms with Crippen molar-refractivity contribution in [3.8, 4) is 0 Å². The minimum absolute atomic E-state index is 0.00841. The molecule has 3 N–H and O–H groups in total. The third-order valence-electron chi connectivity index (χ3n) is 6.17. The van der Waals surface area contributed by atoms with Crippen molar-refractivity contribution in [1.29, 1.82) is 0 Å². The number of ketones is 2. The smallest absolute Gasteiger partial charge is 0.234 e. The maximum absolute atomic E-state index is 13.5. The summed E-state index contributed by atoms with van der Waals surface area (Å²) < 4.78 is 26.4. The molecule has 0 atom stereocenters. The number of carbonyl (C=O) groups is 2. The van der Waals surface area contributed by atoms with E-state index < -0.39 is 38.2 Å². The Kier molecular flexibility index (Phi) is 5.27. The average Bonchev–Trinajstić information content (AvgIpc) is 3.68. The molecule has 0 unspecified atom stereocenters. The number of hydrogen-bond donors (Lipinski definition) is 2. The molecule has 2 aliphatic carbocycles. The molecule has 3 aromatic carbocycles. The Morgan fingerprint density at radius 2 is 1.65 bits per heavy atom. The molecule has 8 nitrogen and oxygen atoms in total. The van der Waals surface area contributed by atoms with Gasteiger partial charge in [-0.2, -0.15) is 0 Å². The number of aryl methyl sites for hydroxylation is 1. The van der Waals surface area contributed by atoms with Gasteiger partial charge in [0, 0.05) is 22.9 Å². The van der Waals surface area contributed by atoms with Crippen molar-refractivity contribution in [2.24, 2.45) is 0 Å². The number of nitrogens with zero attached hydrogens (tertiary/aromatic N) is 1. The largest absolute Gasteiger partial charge is 0.772 e. The van der Waals surface area contributed by atoms with Crippen molar-refractivity contribution >= 4 is 38.7 Å². The lowest BCUT2D eigenvalue weighted by molar-refractivity contribution is 0.0980. The normalized spacial score (nSPS) is 15.3. The summed E-state index contributed by atoms with van der Waals surface area (Å²) in [7, 11) is -4.54. The van der Waals surface area contributed by atoms with Crippen LogP contribution >= 0.6 is 0 Å². The van der Waals surface area contributed by atoms with Crippen molar-refractivity contribution in [3.05, 3.63) is 87.6 Å². The maximum Gasteiger partial charge on any atom is 0.234 e. The van der Waals surface area contributed by atoms with Gasteiger partial charge in [0.25, 0.3) is 0 Å². The van der Waals surface area contributed by atoms with Gasteiger partial charge in [-0.15, -0.1) is 0 Å². The maximum atomic E-state index is 13.5. The van der Waals surface area contributed by atoms with Crippen LogP contribution in [0, 0.1) is 5.21 Å². The number of nitrogen functional groups attached to an aromatic ring is 1. The second kappa shape index (κ2) is 8.05. The van der Waals surface area contributed by atoms with E-state index in [4.69, 9.17) is 5.73 Å². The SMILES string of the molecule is CCc1cccc(Nc2cc(S(=O)(=O)N([O-])C3CC3)c(N)c3c2C(=O)c2ccccc2C3=O)c1. The summed E-state index contributed by atoms with van der Waals surface area (Å²) in [6.45, 7) is 1.99. The lowest BCUT2D eigenvalue weighted by atomic mass is 9.82. The number of rotatable bonds is 6. The highest BCUT2D eigenvalue weighted by Gasteiger charge is 2.39. The van der Waals surface area contributed by atoms with Gasteiger partial charge in [0.05, 0.1) is 22.5 Å². The van der Waals surface area contributed by atoms with Gasteiger partial charge in [-0.05, 0) is 43.0 Å². The Balaban J connectivity index is 1.76. The number of carbonyl (C=O) groups excluding carboxylic acids is 2. The van der Waals surface area contributed by atoms with Crippen LogP contribution in [0.25, 0.3) is 0 Å². The van der Waals surface area contributed by atoms with Crippen molar-refractivity contribution in [2.45, 2.75) is 37.1 Å². The third kappa shape index (κ3) is 3.49. The number of nitrogens with two attached hydrogens (primary N) is 1. The van der Waals surface area contributed by atoms with Gasteiger partial charge in [0.1, 0.15) is 4.90 Å². The van der Waals surface area contributed by atoms with Gasteiger partial charge in [0.15, 0.2) is 11.6 Å². The molecule has 0 radical (unpaired) electrons. The highest BCUT2D eigenvalue weighted by molar-refractivity contribution is 7.89. The Hall–Kier alpha value is -3.53. The van der Waals surface area contributed by atoms with Crippen LogP contribution in [-0.4, -0.2) is 30.5 Å². The van der Waals surface area contributed by atoms with Gasteiger partial charge in [-0.3, -0.25) is 14.1 Å². The molecule has 3 aromatic rings. The molecule has 0 spiro atoms. The molecule has 5 rings (SSSR count). The van der Waals surface area contributed by atoms with Crippen LogP contribution in [0.1, 0.15) is 57.2 Å². The summed E-state index contributed by atoms with van der Waals surface area (Å²) in [5.74, 6) is -1.01. The zero-order chi connectivity index (χ0) is 24.2. The van der Waals surface area contributed by atoms with E-state index in [9.17, 15) is 23.2 Å². The van der Waals surface area contributed by atoms with E-state index >= 15 is 0 Å². The zero-order valence-corrected chi connectivity index (χ0v) is 19.2. The Morgan fingerprint density at radius 3 is 2.26 bits per heavy atom. The van der Waals surface area contributed by atoms with Crippen LogP contribution < -0.4 is 11.1 Å². The minimum atomic E-state index is -4.54. The highest BCUT2D eigenvalue weighted by atomic mass is 32.2. The summed E-state index contributed by atoms with van der Waals surface area (Å²) in [6.07, 6.45) is 1.70. The molecule has 0 amide bonds. The van der Waals surface area contributed by atoms with Crippen LogP contribution in [-0.2, 0) is 16.4 Å². The quantitative estimate of drug-likeness (QED) is 0.317. The van der Waals surface area contributed by atoms with Crippen LogP contribution in [0.3, 0.4) is 0 Å². The summed E-state index contributed by atoms with van der Waals surface area (Å²) >= 11 is 0. The Morgan fingerprint density at radius 1 is 1.00 bits per heavy atom. The molecule has 1 saturated carbocycles. The fraction of sp³-hybridized carbons (Fsp3) is 0.200. The summed E-state index contributed by atoms with van der Waals surface area (Å²) in [5, 5.41) is 15.6. The molecular formula is C25H22N3O5S-. The average molecular weight is 477 g/mol. The monoisotopic (exact) mass is 476 g/mol. The van der Waals surface area contributed by atoms with Crippen molar-refractivity contribution in [1.82, 2.24) is 4.47 Å². The lowest BCUT2D eigenvalue weighted by Crippen LogP contribution is -2.30. The van der Waals surface area contributed by atoms with Crippen molar-refractivity contribution < 1.29 is 18.0 Å². The summed E-state index contributed by atoms with van der Waals surface area (Å²) in [6, 6.07) is 14.3. The number of hydroxylamine groups is 1. The second-order valence-electron chi connectivity index (χ2n) is 8.46. The summed E-state index contributed by atoms with van der Waals surface area (Å²) in [4.78, 5) is 26.4. The predicted octanol–water partition coefficient (Wildman–Crippen LogP) is 4.00. The van der Waals surface area contributed by atoms with E-state index in [-0.39, 0.29) is 32.4 Å². The number of benzene rings is 3. The van der Waals surface area contributed by atoms with Gasteiger partial charge in [-0.25, -0.2) is 8.42 Å². The zero-order valence-electron chi connectivity index (χ0n) is 18.4. The first-order chi connectivity index (χ1) is 16.2. The van der Waals surface area contributed by atoms with Crippen molar-refractivity contribution in [2.75, 3.05) is 11.1 Å². The molecule has 0 bridgehead atoms. The molecule has 2 aliphatic rings. The number of hydrogen-bond acceptors (Lipinski definition) is 7. The van der Waals surface area contributed by atoms with Crippen LogP contribution in [0.2, 0.25) is 0 Å². The minimum Gasteiger partial charge on any atom is -0.772 e. The standard InChI is InChI=1S/C25H22N3O5S/c1-2-14-6-5-7-15(12-14)27-19-13-20(34(32,33)28(31)16-10-11-16)23(26)22-21(19)24(29)17-8-3-4-9-18(17)25(22)30/h3-9,12-13,16,27H,2,10-11,26H2,1H3/q-1. The van der Waals surface area contributed by atoms with Gasteiger partial charge >= 0.3 is 0 Å². The van der Waals surface area contributed by atoms with E-state index in [0.29, 0.717) is 18.5 Å². The van der Waals surface area contributed by atoms with Crippen LogP contribution in [0.15, 0.2) is 59.5 Å². The van der Waals surface area contributed by atoms with Gasteiger partial charge < -0.3 is 16.3 Å². The number of anilines is 3. The molecule has 9 heteroatoms. The van der Waals surface area contributed by atoms with Crippen molar-refractivity contribution in [3.63, 3.8) is 0 Å². The number of sulfonamides is 1. The predicted molar refractivity (Wildman–Crippen MR) is 129 cm³/mol. The topological polar surface area (TPSA) is 133 Å². The lowest BCUT2D eigenvalue weighted by Gasteiger charge is -2.30. The number of nitrogens with one attached hydrogen (secondary N) is 1. The van der Waals surface area contributed by atoms with E-state index in [0.717, 1.165) is 12.0 Å². The molecule has 0 saturated heterocycles. The highest BCUT2D eigenvalue weighted by Crippen LogP contribution is 2.42. The number of fused-ring (bicyclic) bond motifs is 2.